The number of aryl methyl sites for hydroxylation is 1. The molecule has 3 N–H and O–H groups in total. The van der Waals surface area contributed by atoms with Crippen LogP contribution in [0.2, 0.25) is 0 Å². The Morgan fingerprint density at radius 3 is 2.86 bits per heavy atom. The molecule has 2 heterocycles. The number of rotatable bonds is 3. The molecule has 1 aliphatic rings. The highest BCUT2D eigenvalue weighted by atomic mass is 32.2. The van der Waals surface area contributed by atoms with Crippen LogP contribution >= 0.6 is 0 Å². The SMILES string of the molecule is CS(=O)(=O)N1CCCc2cccc(Nc3ccnc(N)n3)c21. The molecule has 0 bridgehead atoms. The molecule has 116 valence electrons. The number of anilines is 4. The van der Waals surface area contributed by atoms with Gasteiger partial charge in [0.05, 0.1) is 17.6 Å². The van der Waals surface area contributed by atoms with Gasteiger partial charge in [-0.1, -0.05) is 12.1 Å². The van der Waals surface area contributed by atoms with Crippen LogP contribution < -0.4 is 15.4 Å². The van der Waals surface area contributed by atoms with Gasteiger partial charge in [0.15, 0.2) is 0 Å². The minimum atomic E-state index is -3.33. The Balaban J connectivity index is 2.06. The number of fused-ring (bicyclic) bond motifs is 1. The number of hydrogen-bond donors (Lipinski definition) is 2. The molecule has 0 amide bonds. The van der Waals surface area contributed by atoms with Crippen molar-refractivity contribution in [2.24, 2.45) is 0 Å². The van der Waals surface area contributed by atoms with Gasteiger partial charge in [-0.3, -0.25) is 4.31 Å². The summed E-state index contributed by atoms with van der Waals surface area (Å²) in [5.41, 5.74) is 7.96. The number of sulfonamides is 1. The molecule has 3 rings (SSSR count). The molecule has 8 heteroatoms. The van der Waals surface area contributed by atoms with Crippen molar-refractivity contribution < 1.29 is 8.42 Å². The predicted molar refractivity (Wildman–Crippen MR) is 86.7 cm³/mol. The predicted octanol–water partition coefficient (Wildman–Crippen LogP) is 1.51. The van der Waals surface area contributed by atoms with E-state index in [2.05, 4.69) is 15.3 Å². The fourth-order valence-corrected chi connectivity index (χ4v) is 3.63. The van der Waals surface area contributed by atoms with Crippen molar-refractivity contribution in [2.45, 2.75) is 12.8 Å². The van der Waals surface area contributed by atoms with Crippen LogP contribution in [0.1, 0.15) is 12.0 Å². The van der Waals surface area contributed by atoms with E-state index in [1.165, 1.54) is 10.6 Å². The third kappa shape index (κ3) is 2.82. The fourth-order valence-electron chi connectivity index (χ4n) is 2.63. The first-order chi connectivity index (χ1) is 10.4. The van der Waals surface area contributed by atoms with Crippen molar-refractivity contribution >= 4 is 33.2 Å². The summed E-state index contributed by atoms with van der Waals surface area (Å²) in [6.45, 7) is 0.483. The molecule has 2 aromatic rings. The van der Waals surface area contributed by atoms with E-state index >= 15 is 0 Å². The summed E-state index contributed by atoms with van der Waals surface area (Å²) in [4.78, 5) is 7.94. The molecule has 0 spiro atoms. The zero-order valence-electron chi connectivity index (χ0n) is 12.2. The molecule has 7 nitrogen and oxygen atoms in total. The first-order valence-corrected chi connectivity index (χ1v) is 8.75. The van der Waals surface area contributed by atoms with Crippen molar-refractivity contribution in [1.82, 2.24) is 9.97 Å². The van der Waals surface area contributed by atoms with Crippen LogP contribution in [0.5, 0.6) is 0 Å². The normalized spacial score (nSPS) is 14.5. The quantitative estimate of drug-likeness (QED) is 0.889. The minimum Gasteiger partial charge on any atom is -0.368 e. The van der Waals surface area contributed by atoms with Crippen LogP contribution in [0.15, 0.2) is 30.5 Å². The smallest absolute Gasteiger partial charge is 0.232 e. The number of aromatic nitrogens is 2. The lowest BCUT2D eigenvalue weighted by molar-refractivity contribution is 0.592. The van der Waals surface area contributed by atoms with E-state index in [1.54, 1.807) is 12.3 Å². The van der Waals surface area contributed by atoms with E-state index in [9.17, 15) is 8.42 Å². The summed E-state index contributed by atoms with van der Waals surface area (Å²) in [5, 5.41) is 3.14. The van der Waals surface area contributed by atoms with Crippen molar-refractivity contribution in [2.75, 3.05) is 28.2 Å². The number of nitrogens with zero attached hydrogens (tertiary/aromatic N) is 3. The lowest BCUT2D eigenvalue weighted by Gasteiger charge is -2.31. The highest BCUT2D eigenvalue weighted by molar-refractivity contribution is 7.92. The Bertz CT molecular complexity index is 807. The topological polar surface area (TPSA) is 101 Å². The highest BCUT2D eigenvalue weighted by Crippen LogP contribution is 2.37. The zero-order valence-corrected chi connectivity index (χ0v) is 13.0. The maximum atomic E-state index is 12.1. The van der Waals surface area contributed by atoms with Crippen LogP contribution in [0.3, 0.4) is 0 Å². The van der Waals surface area contributed by atoms with Gasteiger partial charge in [-0.2, -0.15) is 4.98 Å². The second-order valence-electron chi connectivity index (χ2n) is 5.18. The minimum absolute atomic E-state index is 0.162. The van der Waals surface area contributed by atoms with Crippen LogP contribution in [0.25, 0.3) is 0 Å². The number of nitrogens with two attached hydrogens (primary N) is 1. The number of benzene rings is 1. The third-order valence-electron chi connectivity index (χ3n) is 3.51. The third-order valence-corrected chi connectivity index (χ3v) is 4.68. The Morgan fingerprint density at radius 1 is 1.32 bits per heavy atom. The summed E-state index contributed by atoms with van der Waals surface area (Å²) >= 11 is 0. The molecule has 22 heavy (non-hydrogen) atoms. The largest absolute Gasteiger partial charge is 0.368 e. The van der Waals surface area contributed by atoms with Gasteiger partial charge >= 0.3 is 0 Å². The van der Waals surface area contributed by atoms with Gasteiger partial charge in [0.2, 0.25) is 16.0 Å². The van der Waals surface area contributed by atoms with E-state index < -0.39 is 10.0 Å². The van der Waals surface area contributed by atoms with Gasteiger partial charge in [-0.05, 0) is 30.5 Å². The summed E-state index contributed by atoms with van der Waals surface area (Å²) in [6, 6.07) is 7.37. The Hall–Kier alpha value is -2.35. The van der Waals surface area contributed by atoms with Gasteiger partial charge in [-0.25, -0.2) is 13.4 Å². The molecule has 1 aliphatic heterocycles. The molecular formula is C14H17N5O2S. The number of hydrogen-bond acceptors (Lipinski definition) is 6. The zero-order chi connectivity index (χ0) is 15.7. The first kappa shape index (κ1) is 14.6. The standard InChI is InChI=1S/C14H17N5O2S/c1-22(20,21)19-9-3-5-10-4-2-6-11(13(10)19)17-12-7-8-16-14(15)18-12/h2,4,6-8H,3,5,9H2,1H3,(H3,15,16,17,18). The second kappa shape index (κ2) is 5.45. The first-order valence-electron chi connectivity index (χ1n) is 6.90. The number of nitrogens with one attached hydrogen (secondary N) is 1. The molecule has 0 saturated heterocycles. The molecule has 1 aromatic carbocycles. The Labute approximate surface area is 129 Å². The maximum Gasteiger partial charge on any atom is 0.232 e. The summed E-state index contributed by atoms with van der Waals surface area (Å²) in [7, 11) is -3.33. The molecule has 1 aromatic heterocycles. The Kier molecular flexibility index (Phi) is 3.61. The molecule has 0 atom stereocenters. The van der Waals surface area contributed by atoms with E-state index in [4.69, 9.17) is 5.73 Å². The number of para-hydroxylation sites is 1. The average Bonchev–Trinajstić information content (AvgIpc) is 2.46. The van der Waals surface area contributed by atoms with E-state index in [-0.39, 0.29) is 5.95 Å². The van der Waals surface area contributed by atoms with Gasteiger partial charge in [0, 0.05) is 12.7 Å². The Morgan fingerprint density at radius 2 is 2.14 bits per heavy atom. The van der Waals surface area contributed by atoms with Crippen molar-refractivity contribution in [1.29, 1.82) is 0 Å². The van der Waals surface area contributed by atoms with Crippen molar-refractivity contribution in [3.8, 4) is 0 Å². The van der Waals surface area contributed by atoms with E-state index in [0.29, 0.717) is 23.7 Å². The number of nitrogen functional groups attached to an aromatic ring is 1. The van der Waals surface area contributed by atoms with Crippen LogP contribution in [-0.4, -0.2) is 31.2 Å². The molecular weight excluding hydrogens is 302 g/mol. The van der Waals surface area contributed by atoms with E-state index in [1.807, 2.05) is 18.2 Å². The molecule has 0 aliphatic carbocycles. The monoisotopic (exact) mass is 319 g/mol. The molecule has 0 radical (unpaired) electrons. The molecule has 0 unspecified atom stereocenters. The van der Waals surface area contributed by atoms with Crippen molar-refractivity contribution in [3.63, 3.8) is 0 Å². The fraction of sp³-hybridized carbons (Fsp3) is 0.286. The summed E-state index contributed by atoms with van der Waals surface area (Å²) in [5.74, 6) is 0.690. The average molecular weight is 319 g/mol. The van der Waals surface area contributed by atoms with Gasteiger partial charge in [0.25, 0.3) is 0 Å². The van der Waals surface area contributed by atoms with E-state index in [0.717, 1.165) is 18.4 Å². The second-order valence-corrected chi connectivity index (χ2v) is 7.08. The summed E-state index contributed by atoms with van der Waals surface area (Å²) in [6.07, 6.45) is 4.43. The summed E-state index contributed by atoms with van der Waals surface area (Å²) < 4.78 is 25.6. The maximum absolute atomic E-state index is 12.1. The lowest BCUT2D eigenvalue weighted by atomic mass is 10.0. The molecule has 0 saturated carbocycles. The van der Waals surface area contributed by atoms with Crippen LogP contribution in [0.4, 0.5) is 23.1 Å². The van der Waals surface area contributed by atoms with Gasteiger partial charge < -0.3 is 11.1 Å². The van der Waals surface area contributed by atoms with Crippen LogP contribution in [-0.2, 0) is 16.4 Å². The van der Waals surface area contributed by atoms with Gasteiger partial charge in [0.1, 0.15) is 5.82 Å². The lowest BCUT2D eigenvalue weighted by Crippen LogP contribution is -2.35. The van der Waals surface area contributed by atoms with Crippen molar-refractivity contribution in [3.05, 3.63) is 36.0 Å². The van der Waals surface area contributed by atoms with Crippen LogP contribution in [0, 0.1) is 0 Å². The highest BCUT2D eigenvalue weighted by Gasteiger charge is 2.26. The van der Waals surface area contributed by atoms with Gasteiger partial charge in [-0.15, -0.1) is 0 Å². The molecule has 0 fully saturated rings.